The van der Waals surface area contributed by atoms with Crippen LogP contribution < -0.4 is 10.0 Å². The van der Waals surface area contributed by atoms with Crippen molar-refractivity contribution in [2.75, 3.05) is 10.0 Å². The molecule has 1 heterocycles. The minimum Gasteiger partial charge on any atom is -0.506 e. The van der Waals surface area contributed by atoms with Crippen molar-refractivity contribution in [2.45, 2.75) is 17.7 Å². The highest BCUT2D eigenvalue weighted by molar-refractivity contribution is 7.92. The molecule has 3 N–H and O–H groups in total. The highest BCUT2D eigenvalue weighted by Crippen LogP contribution is 2.28. The first-order valence-corrected chi connectivity index (χ1v) is 12.0. The van der Waals surface area contributed by atoms with Crippen molar-refractivity contribution < 1.29 is 22.8 Å². The van der Waals surface area contributed by atoms with E-state index in [2.05, 4.69) is 20.2 Å². The number of amides is 1. The second kappa shape index (κ2) is 9.94. The highest BCUT2D eigenvalue weighted by Gasteiger charge is 2.18. The lowest BCUT2D eigenvalue weighted by molar-refractivity contribution is -0.116. The third-order valence-electron chi connectivity index (χ3n) is 4.70. The van der Waals surface area contributed by atoms with Gasteiger partial charge in [0.25, 0.3) is 10.0 Å². The molecule has 0 saturated carbocycles. The van der Waals surface area contributed by atoms with Crippen LogP contribution in [0.1, 0.15) is 12.3 Å². The number of anilines is 2. The number of phenols is 1. The molecule has 4 aromatic rings. The van der Waals surface area contributed by atoms with E-state index in [0.29, 0.717) is 10.8 Å². The molecule has 11 heteroatoms. The van der Waals surface area contributed by atoms with Gasteiger partial charge < -0.3 is 14.9 Å². The van der Waals surface area contributed by atoms with Crippen LogP contribution in [0, 0.1) is 0 Å². The van der Waals surface area contributed by atoms with Crippen molar-refractivity contribution >= 4 is 38.9 Å². The van der Waals surface area contributed by atoms with Gasteiger partial charge in [0.1, 0.15) is 5.75 Å². The summed E-state index contributed by atoms with van der Waals surface area (Å²) in [5.41, 5.74) is 1.02. The summed E-state index contributed by atoms with van der Waals surface area (Å²) in [6.45, 7) is 0. The van der Waals surface area contributed by atoms with Gasteiger partial charge in [0.05, 0.1) is 16.3 Å². The fourth-order valence-corrected chi connectivity index (χ4v) is 4.31. The summed E-state index contributed by atoms with van der Waals surface area (Å²) in [5, 5.41) is 16.9. The molecule has 0 spiro atoms. The number of aryl methyl sites for hydroxylation is 1. The van der Waals surface area contributed by atoms with E-state index in [0.717, 1.165) is 5.56 Å². The number of carbonyl (C=O) groups excluding carboxylic acids is 1. The molecular formula is C23H19ClN4O5S. The fourth-order valence-electron chi connectivity index (χ4n) is 3.04. The van der Waals surface area contributed by atoms with Crippen LogP contribution in [0.4, 0.5) is 11.4 Å². The standard InChI is InChI=1S/C23H19ClN4O5S/c24-16-7-4-8-17(13-16)28-34(31,32)18-9-10-20(29)19(14-18)25-21(30)11-12-22-26-23(27-33-22)15-5-2-1-3-6-15/h1-10,13-14,28-29H,11-12H2,(H,25,30). The number of rotatable bonds is 8. The van der Waals surface area contributed by atoms with Crippen LogP contribution in [0.2, 0.25) is 5.02 Å². The minimum atomic E-state index is -3.99. The van der Waals surface area contributed by atoms with E-state index in [1.807, 2.05) is 30.3 Å². The maximum atomic E-state index is 12.7. The summed E-state index contributed by atoms with van der Waals surface area (Å²) in [6, 6.07) is 19.1. The van der Waals surface area contributed by atoms with Crippen molar-refractivity contribution in [1.29, 1.82) is 0 Å². The van der Waals surface area contributed by atoms with Crippen molar-refractivity contribution in [3.05, 3.63) is 83.7 Å². The molecule has 4 rings (SSSR count). The summed E-state index contributed by atoms with van der Waals surface area (Å²) >= 11 is 5.90. The molecule has 34 heavy (non-hydrogen) atoms. The summed E-state index contributed by atoms with van der Waals surface area (Å²) < 4.78 is 33.0. The maximum absolute atomic E-state index is 12.7. The Balaban J connectivity index is 1.41. The van der Waals surface area contributed by atoms with Crippen LogP contribution in [0.15, 0.2) is 82.2 Å². The molecule has 0 atom stereocenters. The van der Waals surface area contributed by atoms with Gasteiger partial charge in [0, 0.05) is 23.4 Å². The first kappa shape index (κ1) is 23.3. The number of hydrogen-bond acceptors (Lipinski definition) is 7. The average Bonchev–Trinajstić information content (AvgIpc) is 3.28. The number of phenolic OH excluding ortho intramolecular Hbond substituents is 1. The molecule has 0 radical (unpaired) electrons. The van der Waals surface area contributed by atoms with Gasteiger partial charge in [-0.05, 0) is 36.4 Å². The Labute approximate surface area is 200 Å². The first-order chi connectivity index (χ1) is 16.3. The number of carbonyl (C=O) groups is 1. The van der Waals surface area contributed by atoms with Crippen LogP contribution in [0.5, 0.6) is 5.75 Å². The van der Waals surface area contributed by atoms with E-state index in [9.17, 15) is 18.3 Å². The van der Waals surface area contributed by atoms with Gasteiger partial charge in [0.2, 0.25) is 17.6 Å². The molecule has 1 amide bonds. The summed E-state index contributed by atoms with van der Waals surface area (Å²) in [7, 11) is -3.99. The Kier molecular flexibility index (Phi) is 6.80. The SMILES string of the molecule is O=C(CCc1nc(-c2ccccc2)no1)Nc1cc(S(=O)(=O)Nc2cccc(Cl)c2)ccc1O. The van der Waals surface area contributed by atoms with Crippen molar-refractivity contribution in [3.8, 4) is 17.1 Å². The van der Waals surface area contributed by atoms with Gasteiger partial charge in [0.15, 0.2) is 0 Å². The van der Waals surface area contributed by atoms with Gasteiger partial charge in [-0.15, -0.1) is 0 Å². The number of halogens is 1. The topological polar surface area (TPSA) is 134 Å². The molecule has 0 fully saturated rings. The lowest BCUT2D eigenvalue weighted by atomic mass is 10.2. The van der Waals surface area contributed by atoms with Gasteiger partial charge in [-0.3, -0.25) is 9.52 Å². The van der Waals surface area contributed by atoms with E-state index >= 15 is 0 Å². The van der Waals surface area contributed by atoms with E-state index in [1.165, 1.54) is 24.3 Å². The van der Waals surface area contributed by atoms with E-state index in [1.54, 1.807) is 18.2 Å². The predicted molar refractivity (Wildman–Crippen MR) is 127 cm³/mol. The number of nitrogens with zero attached hydrogens (tertiary/aromatic N) is 2. The summed E-state index contributed by atoms with van der Waals surface area (Å²) in [6.07, 6.45) is 0.147. The second-order valence-corrected chi connectivity index (χ2v) is 9.34. The fraction of sp³-hybridized carbons (Fsp3) is 0.0870. The lowest BCUT2D eigenvalue weighted by Gasteiger charge is -2.11. The molecule has 0 aliphatic carbocycles. The van der Waals surface area contributed by atoms with Gasteiger partial charge in [-0.1, -0.05) is 53.2 Å². The Morgan fingerprint density at radius 3 is 2.59 bits per heavy atom. The van der Waals surface area contributed by atoms with E-state index in [4.69, 9.17) is 16.1 Å². The third-order valence-corrected chi connectivity index (χ3v) is 6.31. The van der Waals surface area contributed by atoms with Crippen molar-refractivity contribution in [2.24, 2.45) is 0 Å². The van der Waals surface area contributed by atoms with E-state index < -0.39 is 15.9 Å². The highest BCUT2D eigenvalue weighted by atomic mass is 35.5. The van der Waals surface area contributed by atoms with Crippen LogP contribution >= 0.6 is 11.6 Å². The molecule has 1 aromatic heterocycles. The third kappa shape index (κ3) is 5.72. The Morgan fingerprint density at radius 2 is 1.82 bits per heavy atom. The molecule has 174 valence electrons. The van der Waals surface area contributed by atoms with Crippen LogP contribution in [-0.2, 0) is 21.2 Å². The number of sulfonamides is 1. The van der Waals surface area contributed by atoms with Gasteiger partial charge in [-0.2, -0.15) is 4.98 Å². The summed E-state index contributed by atoms with van der Waals surface area (Å²) in [4.78, 5) is 16.5. The number of benzene rings is 3. The number of hydrogen-bond donors (Lipinski definition) is 3. The molecule has 9 nitrogen and oxygen atoms in total. The zero-order valence-electron chi connectivity index (χ0n) is 17.6. The summed E-state index contributed by atoms with van der Waals surface area (Å²) in [5.74, 6) is -0.0506. The molecule has 0 saturated heterocycles. The quantitative estimate of drug-likeness (QED) is 0.305. The zero-order chi connectivity index (χ0) is 24.1. The first-order valence-electron chi connectivity index (χ1n) is 10.1. The molecule has 3 aromatic carbocycles. The van der Waals surface area contributed by atoms with Crippen LogP contribution in [0.25, 0.3) is 11.4 Å². The average molecular weight is 499 g/mol. The smallest absolute Gasteiger partial charge is 0.261 e. The largest absolute Gasteiger partial charge is 0.506 e. The van der Waals surface area contributed by atoms with Crippen molar-refractivity contribution in [1.82, 2.24) is 10.1 Å². The number of nitrogens with one attached hydrogen (secondary N) is 2. The Hall–Kier alpha value is -3.89. The van der Waals surface area contributed by atoms with Gasteiger partial charge in [-0.25, -0.2) is 8.42 Å². The number of aromatic hydroxyl groups is 1. The Bertz CT molecular complexity index is 1420. The second-order valence-electron chi connectivity index (χ2n) is 7.22. The maximum Gasteiger partial charge on any atom is 0.261 e. The molecule has 0 aliphatic rings. The molecule has 0 bridgehead atoms. The minimum absolute atomic E-state index is 0.0202. The van der Waals surface area contributed by atoms with Crippen LogP contribution in [-0.4, -0.2) is 29.6 Å². The number of aromatic nitrogens is 2. The molecular weight excluding hydrogens is 480 g/mol. The zero-order valence-corrected chi connectivity index (χ0v) is 19.2. The molecule has 0 aliphatic heterocycles. The van der Waals surface area contributed by atoms with Crippen LogP contribution in [0.3, 0.4) is 0 Å². The van der Waals surface area contributed by atoms with Gasteiger partial charge >= 0.3 is 0 Å². The van der Waals surface area contributed by atoms with E-state index in [-0.39, 0.29) is 40.8 Å². The van der Waals surface area contributed by atoms with Crippen molar-refractivity contribution in [3.63, 3.8) is 0 Å². The lowest BCUT2D eigenvalue weighted by Crippen LogP contribution is -2.15. The Morgan fingerprint density at radius 1 is 1.03 bits per heavy atom. The predicted octanol–water partition coefficient (Wildman–Crippen LogP) is 4.47. The monoisotopic (exact) mass is 498 g/mol. The molecule has 0 unspecified atom stereocenters. The normalized spacial score (nSPS) is 11.2.